The van der Waals surface area contributed by atoms with Crippen LogP contribution in [-0.2, 0) is 0 Å². The van der Waals surface area contributed by atoms with E-state index in [0.29, 0.717) is 0 Å². The predicted octanol–water partition coefficient (Wildman–Crippen LogP) is 3.61. The molecule has 72 valence electrons. The molecule has 5 atom stereocenters. The molecule has 4 aliphatic rings. The van der Waals surface area contributed by atoms with Crippen LogP contribution in [0.3, 0.4) is 0 Å². The Morgan fingerprint density at radius 1 is 1.15 bits per heavy atom. The van der Waals surface area contributed by atoms with Crippen LogP contribution in [0.1, 0.15) is 51.9 Å². The fourth-order valence-electron chi connectivity index (χ4n) is 5.83. The van der Waals surface area contributed by atoms with E-state index < -0.39 is 0 Å². The van der Waals surface area contributed by atoms with Gasteiger partial charge in [-0.1, -0.05) is 19.8 Å². The molecule has 0 aromatic heterocycles. The molecule has 0 heteroatoms. The van der Waals surface area contributed by atoms with Crippen LogP contribution in [0.2, 0.25) is 0 Å². The third-order valence-electron chi connectivity index (χ3n) is 6.05. The van der Waals surface area contributed by atoms with Gasteiger partial charge in [0.25, 0.3) is 0 Å². The van der Waals surface area contributed by atoms with Gasteiger partial charge in [0.1, 0.15) is 0 Å². The minimum Gasteiger partial charge on any atom is -0.0625 e. The molecule has 4 fully saturated rings. The van der Waals surface area contributed by atoms with Gasteiger partial charge in [0, 0.05) is 0 Å². The lowest BCUT2D eigenvalue weighted by molar-refractivity contribution is 0.220. The lowest BCUT2D eigenvalue weighted by atomic mass is 9.77. The van der Waals surface area contributed by atoms with Gasteiger partial charge >= 0.3 is 0 Å². The summed E-state index contributed by atoms with van der Waals surface area (Å²) >= 11 is 0. The lowest BCUT2D eigenvalue weighted by Crippen LogP contribution is -2.18. The van der Waals surface area contributed by atoms with Crippen LogP contribution >= 0.6 is 0 Å². The number of hydrogen-bond donors (Lipinski definition) is 0. The van der Waals surface area contributed by atoms with Crippen LogP contribution in [0.4, 0.5) is 0 Å². The molecular formula is C13H20. The van der Waals surface area contributed by atoms with Crippen molar-refractivity contribution >= 4 is 0 Å². The Labute approximate surface area is 81.1 Å². The van der Waals surface area contributed by atoms with Crippen molar-refractivity contribution in [3.8, 4) is 0 Å². The Kier molecular flexibility index (Phi) is 1.04. The zero-order valence-corrected chi connectivity index (χ0v) is 8.68. The summed E-state index contributed by atoms with van der Waals surface area (Å²) in [5.41, 5.74) is 1.89. The normalized spacial score (nSPS) is 67.6. The first-order valence-electron chi connectivity index (χ1n) is 6.30. The minimum absolute atomic E-state index is 0.924. The molecule has 0 aliphatic heterocycles. The zero-order valence-electron chi connectivity index (χ0n) is 8.68. The average Bonchev–Trinajstić information content (AvgIpc) is 2.91. The molecule has 4 rings (SSSR count). The highest BCUT2D eigenvalue weighted by Crippen LogP contribution is 2.93. The molecule has 0 heterocycles. The fraction of sp³-hybridized carbons (Fsp3) is 1.00. The van der Waals surface area contributed by atoms with Crippen molar-refractivity contribution in [2.24, 2.45) is 28.6 Å². The molecule has 0 radical (unpaired) electrons. The van der Waals surface area contributed by atoms with E-state index in [1.54, 1.807) is 44.9 Å². The van der Waals surface area contributed by atoms with E-state index in [0.717, 1.165) is 16.7 Å². The molecule has 4 saturated carbocycles. The van der Waals surface area contributed by atoms with Crippen molar-refractivity contribution in [1.82, 2.24) is 0 Å². The molecular weight excluding hydrogens is 156 g/mol. The van der Waals surface area contributed by atoms with Gasteiger partial charge in [0.05, 0.1) is 0 Å². The largest absolute Gasteiger partial charge is 0.0625 e. The van der Waals surface area contributed by atoms with E-state index >= 15 is 0 Å². The molecule has 0 bridgehead atoms. The molecule has 0 nitrogen and oxygen atoms in total. The van der Waals surface area contributed by atoms with Crippen molar-refractivity contribution in [3.05, 3.63) is 0 Å². The standard InChI is InChI=1S/C13H20/c1-9-6-10-8-13(10)11-4-2-3-5-12(11,13)7-9/h9-11H,2-8H2,1H3/t9?,10-,11?,12?,13?/m0/s1. The molecule has 2 spiro atoms. The number of hydrogen-bond acceptors (Lipinski definition) is 0. The monoisotopic (exact) mass is 176 g/mol. The molecule has 0 aromatic rings. The quantitative estimate of drug-likeness (QED) is 0.529. The molecule has 0 aromatic carbocycles. The fourth-order valence-corrected chi connectivity index (χ4v) is 5.83. The van der Waals surface area contributed by atoms with Crippen molar-refractivity contribution in [3.63, 3.8) is 0 Å². The topological polar surface area (TPSA) is 0 Å². The van der Waals surface area contributed by atoms with Crippen LogP contribution in [0.15, 0.2) is 0 Å². The maximum absolute atomic E-state index is 2.50. The Morgan fingerprint density at radius 2 is 2.08 bits per heavy atom. The summed E-state index contributed by atoms with van der Waals surface area (Å²) in [5.74, 6) is 3.46. The van der Waals surface area contributed by atoms with Crippen LogP contribution in [0, 0.1) is 28.6 Å². The first-order valence-corrected chi connectivity index (χ1v) is 6.30. The Morgan fingerprint density at radius 3 is 3.00 bits per heavy atom. The first kappa shape index (κ1) is 7.31. The van der Waals surface area contributed by atoms with Gasteiger partial charge in [-0.05, 0) is 60.7 Å². The van der Waals surface area contributed by atoms with E-state index in [2.05, 4.69) is 6.92 Å². The third-order valence-corrected chi connectivity index (χ3v) is 6.05. The molecule has 4 aliphatic carbocycles. The molecule has 0 amide bonds. The van der Waals surface area contributed by atoms with Crippen LogP contribution in [0.5, 0.6) is 0 Å². The highest BCUT2D eigenvalue weighted by atomic mass is 14.9. The van der Waals surface area contributed by atoms with Gasteiger partial charge in [0.2, 0.25) is 0 Å². The van der Waals surface area contributed by atoms with Gasteiger partial charge in [0.15, 0.2) is 0 Å². The highest BCUT2D eigenvalue weighted by Gasteiger charge is 2.86. The van der Waals surface area contributed by atoms with Gasteiger partial charge < -0.3 is 0 Å². The summed E-state index contributed by atoms with van der Waals surface area (Å²) < 4.78 is 0. The first-order chi connectivity index (χ1) is 6.30. The van der Waals surface area contributed by atoms with Gasteiger partial charge in [-0.15, -0.1) is 0 Å². The zero-order chi connectivity index (χ0) is 8.68. The summed E-state index contributed by atoms with van der Waals surface area (Å²) in [4.78, 5) is 0. The maximum atomic E-state index is 2.50. The molecule has 0 N–H and O–H groups in total. The van der Waals surface area contributed by atoms with Crippen molar-refractivity contribution in [2.75, 3.05) is 0 Å². The highest BCUT2D eigenvalue weighted by molar-refractivity contribution is 5.34. The number of rotatable bonds is 0. The molecule has 4 unspecified atom stereocenters. The van der Waals surface area contributed by atoms with Crippen LogP contribution < -0.4 is 0 Å². The predicted molar refractivity (Wildman–Crippen MR) is 53.3 cm³/mol. The second-order valence-corrected chi connectivity index (χ2v) is 6.44. The summed E-state index contributed by atoms with van der Waals surface area (Å²) in [5, 5.41) is 0. The summed E-state index contributed by atoms with van der Waals surface area (Å²) in [6, 6.07) is 0. The van der Waals surface area contributed by atoms with Crippen LogP contribution in [0.25, 0.3) is 0 Å². The lowest BCUT2D eigenvalue weighted by Gasteiger charge is -2.28. The summed E-state index contributed by atoms with van der Waals surface area (Å²) in [6.45, 7) is 2.50. The van der Waals surface area contributed by atoms with Gasteiger partial charge in [-0.25, -0.2) is 0 Å². The summed E-state index contributed by atoms with van der Waals surface area (Å²) in [7, 11) is 0. The van der Waals surface area contributed by atoms with Crippen molar-refractivity contribution < 1.29 is 0 Å². The SMILES string of the molecule is CC1C[C@H]2CC23C2CCCCC23C1. The van der Waals surface area contributed by atoms with E-state index in [9.17, 15) is 0 Å². The molecule has 13 heavy (non-hydrogen) atoms. The van der Waals surface area contributed by atoms with Crippen LogP contribution in [-0.4, -0.2) is 0 Å². The smallest absolute Gasteiger partial charge is 0.0173 e. The molecule has 0 saturated heterocycles. The van der Waals surface area contributed by atoms with Gasteiger partial charge in [-0.3, -0.25) is 0 Å². The summed E-state index contributed by atoms with van der Waals surface area (Å²) in [6.07, 6.45) is 11.1. The average molecular weight is 176 g/mol. The second-order valence-electron chi connectivity index (χ2n) is 6.44. The Bertz CT molecular complexity index is 269. The Hall–Kier alpha value is 0. The van der Waals surface area contributed by atoms with Crippen molar-refractivity contribution in [2.45, 2.75) is 51.9 Å². The van der Waals surface area contributed by atoms with E-state index in [1.165, 1.54) is 11.8 Å². The van der Waals surface area contributed by atoms with Crippen molar-refractivity contribution in [1.29, 1.82) is 0 Å². The minimum atomic E-state index is 0.924. The van der Waals surface area contributed by atoms with E-state index in [1.807, 2.05) is 0 Å². The third kappa shape index (κ3) is 0.593. The Balaban J connectivity index is 1.74. The van der Waals surface area contributed by atoms with E-state index in [-0.39, 0.29) is 0 Å². The maximum Gasteiger partial charge on any atom is -0.0173 e. The van der Waals surface area contributed by atoms with E-state index in [4.69, 9.17) is 0 Å². The second kappa shape index (κ2) is 1.85. The van der Waals surface area contributed by atoms with Gasteiger partial charge in [-0.2, -0.15) is 0 Å².